The summed E-state index contributed by atoms with van der Waals surface area (Å²) < 4.78 is 0. The Balaban J connectivity index is 2.25. The van der Waals surface area contributed by atoms with Crippen LogP contribution < -0.4 is 5.32 Å². The molecule has 0 fully saturated rings. The molecule has 5 heteroatoms. The number of halogens is 1. The second kappa shape index (κ2) is 5.97. The first-order valence-electron chi connectivity index (χ1n) is 6.30. The lowest BCUT2D eigenvalue weighted by Crippen LogP contribution is -2.13. The van der Waals surface area contributed by atoms with Crippen molar-refractivity contribution >= 4 is 29.2 Å². The monoisotopic (exact) mass is 303 g/mol. The molecular formula is C16H14ClNO3. The van der Waals surface area contributed by atoms with Crippen molar-refractivity contribution in [3.05, 3.63) is 63.7 Å². The Hall–Kier alpha value is -2.33. The maximum atomic E-state index is 12.1. The molecule has 4 nitrogen and oxygen atoms in total. The summed E-state index contributed by atoms with van der Waals surface area (Å²) in [4.78, 5) is 23.2. The van der Waals surface area contributed by atoms with Crippen LogP contribution in [-0.2, 0) is 0 Å². The van der Waals surface area contributed by atoms with Gasteiger partial charge >= 0.3 is 5.97 Å². The molecule has 0 aliphatic heterocycles. The summed E-state index contributed by atoms with van der Waals surface area (Å²) in [5.74, 6) is -1.33. The van der Waals surface area contributed by atoms with Gasteiger partial charge in [-0.2, -0.15) is 0 Å². The fourth-order valence-electron chi connectivity index (χ4n) is 1.92. The van der Waals surface area contributed by atoms with Crippen molar-refractivity contribution in [1.82, 2.24) is 0 Å². The largest absolute Gasteiger partial charge is 0.478 e. The first kappa shape index (κ1) is 15.1. The molecule has 0 aliphatic rings. The third-order valence-electron chi connectivity index (χ3n) is 3.15. The van der Waals surface area contributed by atoms with Gasteiger partial charge in [0.05, 0.1) is 5.56 Å². The second-order valence-corrected chi connectivity index (χ2v) is 5.16. The first-order valence-corrected chi connectivity index (χ1v) is 6.67. The van der Waals surface area contributed by atoms with Crippen LogP contribution in [0.5, 0.6) is 0 Å². The molecule has 0 saturated carbocycles. The van der Waals surface area contributed by atoms with E-state index in [1.54, 1.807) is 37.3 Å². The predicted octanol–water partition coefficient (Wildman–Crippen LogP) is 3.91. The highest BCUT2D eigenvalue weighted by molar-refractivity contribution is 6.31. The van der Waals surface area contributed by atoms with Crippen LogP contribution in [0.2, 0.25) is 5.02 Å². The number of nitrogens with one attached hydrogen (secondary N) is 1. The maximum Gasteiger partial charge on any atom is 0.336 e. The van der Waals surface area contributed by atoms with Gasteiger partial charge in [-0.3, -0.25) is 4.79 Å². The van der Waals surface area contributed by atoms with Gasteiger partial charge in [-0.15, -0.1) is 0 Å². The van der Waals surface area contributed by atoms with E-state index in [0.29, 0.717) is 21.8 Å². The molecule has 1 amide bonds. The van der Waals surface area contributed by atoms with Gasteiger partial charge in [0.25, 0.3) is 5.91 Å². The van der Waals surface area contributed by atoms with Crippen molar-refractivity contribution in [2.24, 2.45) is 0 Å². The number of aryl methyl sites for hydroxylation is 2. The minimum atomic E-state index is -1.02. The van der Waals surface area contributed by atoms with Crippen molar-refractivity contribution in [2.45, 2.75) is 13.8 Å². The van der Waals surface area contributed by atoms with E-state index in [2.05, 4.69) is 5.32 Å². The fourth-order valence-corrected chi connectivity index (χ4v) is 2.04. The molecule has 0 spiro atoms. The zero-order valence-electron chi connectivity index (χ0n) is 11.6. The normalized spacial score (nSPS) is 10.2. The highest BCUT2D eigenvalue weighted by Gasteiger charge is 2.11. The number of carbonyl (C=O) groups excluding carboxylic acids is 1. The molecule has 108 valence electrons. The summed E-state index contributed by atoms with van der Waals surface area (Å²) in [6.07, 6.45) is 0. The van der Waals surface area contributed by atoms with Crippen LogP contribution in [-0.4, -0.2) is 17.0 Å². The molecule has 0 bridgehead atoms. The zero-order chi connectivity index (χ0) is 15.6. The van der Waals surface area contributed by atoms with Gasteiger partial charge in [0.2, 0.25) is 0 Å². The van der Waals surface area contributed by atoms with Crippen LogP contribution in [0, 0.1) is 13.8 Å². The lowest BCUT2D eigenvalue weighted by atomic mass is 10.1. The minimum Gasteiger partial charge on any atom is -0.478 e. The molecular weight excluding hydrogens is 290 g/mol. The smallest absolute Gasteiger partial charge is 0.336 e. The minimum absolute atomic E-state index is 0.167. The summed E-state index contributed by atoms with van der Waals surface area (Å²) in [7, 11) is 0. The SMILES string of the molecule is Cc1cc(C(=O)Nc2ccc(C)c(C(=O)O)c2)ccc1Cl. The van der Waals surface area contributed by atoms with E-state index in [9.17, 15) is 9.59 Å². The molecule has 21 heavy (non-hydrogen) atoms. The van der Waals surface area contributed by atoms with Gasteiger partial charge in [0, 0.05) is 16.3 Å². The van der Waals surface area contributed by atoms with E-state index >= 15 is 0 Å². The molecule has 2 aromatic rings. The van der Waals surface area contributed by atoms with Crippen LogP contribution in [0.15, 0.2) is 36.4 Å². The average Bonchev–Trinajstić information content (AvgIpc) is 2.43. The van der Waals surface area contributed by atoms with Crippen molar-refractivity contribution in [3.63, 3.8) is 0 Å². The lowest BCUT2D eigenvalue weighted by molar-refractivity contribution is 0.0695. The van der Waals surface area contributed by atoms with Crippen LogP contribution in [0.4, 0.5) is 5.69 Å². The maximum absolute atomic E-state index is 12.1. The number of carboxylic acids is 1. The van der Waals surface area contributed by atoms with E-state index in [1.165, 1.54) is 6.07 Å². The number of amides is 1. The Morgan fingerprint density at radius 2 is 1.76 bits per heavy atom. The second-order valence-electron chi connectivity index (χ2n) is 4.75. The van der Waals surface area contributed by atoms with Crippen LogP contribution in [0.25, 0.3) is 0 Å². The number of rotatable bonds is 3. The number of carboxylic acid groups (broad SMARTS) is 1. The number of aromatic carboxylic acids is 1. The van der Waals surface area contributed by atoms with Crippen molar-refractivity contribution in [3.8, 4) is 0 Å². The molecule has 0 atom stereocenters. The summed E-state index contributed by atoms with van der Waals surface area (Å²) in [6, 6.07) is 9.73. The van der Waals surface area contributed by atoms with Crippen molar-refractivity contribution < 1.29 is 14.7 Å². The number of carbonyl (C=O) groups is 2. The van der Waals surface area contributed by atoms with Gasteiger partial charge in [0.15, 0.2) is 0 Å². The molecule has 0 radical (unpaired) electrons. The van der Waals surface area contributed by atoms with Crippen molar-refractivity contribution in [2.75, 3.05) is 5.32 Å². The Kier molecular flexibility index (Phi) is 4.29. The van der Waals surface area contributed by atoms with E-state index < -0.39 is 5.97 Å². The lowest BCUT2D eigenvalue weighted by Gasteiger charge is -2.09. The average molecular weight is 304 g/mol. The van der Waals surface area contributed by atoms with Gasteiger partial charge in [-0.25, -0.2) is 4.79 Å². The third kappa shape index (κ3) is 3.41. The fraction of sp³-hybridized carbons (Fsp3) is 0.125. The Morgan fingerprint density at radius 1 is 1.05 bits per heavy atom. The van der Waals surface area contributed by atoms with Crippen molar-refractivity contribution in [1.29, 1.82) is 0 Å². The van der Waals surface area contributed by atoms with E-state index in [1.807, 2.05) is 6.92 Å². The molecule has 2 N–H and O–H groups in total. The van der Waals surface area contributed by atoms with E-state index in [-0.39, 0.29) is 11.5 Å². The number of anilines is 1. The summed E-state index contributed by atoms with van der Waals surface area (Å²) >= 11 is 5.92. The summed E-state index contributed by atoms with van der Waals surface area (Å²) in [5, 5.41) is 12.4. The van der Waals surface area contributed by atoms with E-state index in [4.69, 9.17) is 16.7 Å². The van der Waals surface area contributed by atoms with Gasteiger partial charge in [-0.05, 0) is 55.3 Å². The van der Waals surface area contributed by atoms with Gasteiger partial charge < -0.3 is 10.4 Å². The van der Waals surface area contributed by atoms with Gasteiger partial charge in [-0.1, -0.05) is 17.7 Å². The Labute approximate surface area is 127 Å². The molecule has 0 unspecified atom stereocenters. The predicted molar refractivity (Wildman–Crippen MR) is 82.3 cm³/mol. The highest BCUT2D eigenvalue weighted by Crippen LogP contribution is 2.19. The molecule has 0 aliphatic carbocycles. The van der Waals surface area contributed by atoms with Crippen LogP contribution in [0.3, 0.4) is 0 Å². The third-order valence-corrected chi connectivity index (χ3v) is 3.57. The standard InChI is InChI=1S/C16H14ClNO3/c1-9-3-5-12(8-13(9)16(20)21)18-15(19)11-4-6-14(17)10(2)7-11/h3-8H,1-2H3,(H,18,19)(H,20,21). The van der Waals surface area contributed by atoms with Crippen LogP contribution >= 0.6 is 11.6 Å². The first-order chi connectivity index (χ1) is 9.88. The van der Waals surface area contributed by atoms with Crippen LogP contribution in [0.1, 0.15) is 31.8 Å². The number of hydrogen-bond donors (Lipinski definition) is 2. The molecule has 2 rings (SSSR count). The van der Waals surface area contributed by atoms with E-state index in [0.717, 1.165) is 5.56 Å². The molecule has 0 aromatic heterocycles. The Bertz CT molecular complexity index is 725. The number of hydrogen-bond acceptors (Lipinski definition) is 2. The van der Waals surface area contributed by atoms with Gasteiger partial charge in [0.1, 0.15) is 0 Å². The summed E-state index contributed by atoms with van der Waals surface area (Å²) in [6.45, 7) is 3.52. The summed E-state index contributed by atoms with van der Waals surface area (Å²) in [5.41, 5.74) is 2.52. The molecule has 0 saturated heterocycles. The Morgan fingerprint density at radius 3 is 2.38 bits per heavy atom. The molecule has 0 heterocycles. The number of benzene rings is 2. The molecule has 2 aromatic carbocycles. The quantitative estimate of drug-likeness (QED) is 0.903. The topological polar surface area (TPSA) is 66.4 Å². The highest BCUT2D eigenvalue weighted by atomic mass is 35.5. The zero-order valence-corrected chi connectivity index (χ0v) is 12.4.